The fraction of sp³-hybridized carbons (Fsp3) is 0.562. The largest absolute Gasteiger partial charge is 0.352 e. The van der Waals surface area contributed by atoms with E-state index in [0.29, 0.717) is 12.6 Å². The van der Waals surface area contributed by atoms with Gasteiger partial charge in [-0.15, -0.1) is 0 Å². The molecule has 21 heavy (non-hydrogen) atoms. The first kappa shape index (κ1) is 14.4. The molecule has 1 aliphatic carbocycles. The molecule has 0 radical (unpaired) electrons. The maximum Gasteiger partial charge on any atom is 0.234 e. The van der Waals surface area contributed by atoms with Crippen LogP contribution < -0.4 is 5.32 Å². The molecular weight excluding hydrogens is 274 g/mol. The molecule has 114 valence electrons. The van der Waals surface area contributed by atoms with Gasteiger partial charge in [-0.2, -0.15) is 0 Å². The third kappa shape index (κ3) is 3.79. The third-order valence-electron chi connectivity index (χ3n) is 4.31. The summed E-state index contributed by atoms with van der Waals surface area (Å²) >= 11 is 0. The second-order valence-electron chi connectivity index (χ2n) is 6.07. The Balaban J connectivity index is 1.49. The lowest BCUT2D eigenvalue weighted by Crippen LogP contribution is -2.41. The minimum atomic E-state index is -0.798. The van der Waals surface area contributed by atoms with Crippen LogP contribution in [0.15, 0.2) is 18.2 Å². The summed E-state index contributed by atoms with van der Waals surface area (Å²) in [6.45, 7) is 2.09. The minimum absolute atomic E-state index is 0.101. The van der Waals surface area contributed by atoms with Gasteiger partial charge in [-0.3, -0.25) is 9.69 Å². The van der Waals surface area contributed by atoms with Gasteiger partial charge < -0.3 is 5.32 Å². The van der Waals surface area contributed by atoms with Gasteiger partial charge >= 0.3 is 0 Å². The van der Waals surface area contributed by atoms with Gasteiger partial charge in [0, 0.05) is 6.04 Å². The van der Waals surface area contributed by atoms with Crippen molar-refractivity contribution >= 4 is 5.91 Å². The number of amides is 1. The van der Waals surface area contributed by atoms with E-state index >= 15 is 0 Å². The van der Waals surface area contributed by atoms with Crippen LogP contribution >= 0.6 is 0 Å². The predicted octanol–water partition coefficient (Wildman–Crippen LogP) is 2.42. The second-order valence-corrected chi connectivity index (χ2v) is 6.07. The Labute approximate surface area is 123 Å². The number of rotatable bonds is 4. The molecular formula is C16H20F2N2O. The summed E-state index contributed by atoms with van der Waals surface area (Å²) in [6, 6.07) is 4.56. The van der Waals surface area contributed by atoms with Crippen LogP contribution in [0.25, 0.3) is 0 Å². The quantitative estimate of drug-likeness (QED) is 0.925. The summed E-state index contributed by atoms with van der Waals surface area (Å²) in [5.74, 6) is -1.22. The van der Waals surface area contributed by atoms with Crippen LogP contribution in [0.2, 0.25) is 0 Å². The van der Waals surface area contributed by atoms with E-state index in [1.807, 2.05) is 0 Å². The maximum absolute atomic E-state index is 13.3. The van der Waals surface area contributed by atoms with Gasteiger partial charge in [0.25, 0.3) is 0 Å². The van der Waals surface area contributed by atoms with Crippen molar-refractivity contribution in [3.8, 4) is 0 Å². The summed E-state index contributed by atoms with van der Waals surface area (Å²) < 4.78 is 26.2. The predicted molar refractivity (Wildman–Crippen MR) is 75.9 cm³/mol. The highest BCUT2D eigenvalue weighted by Crippen LogP contribution is 2.28. The molecule has 1 aromatic rings. The normalized spacial score (nSPS) is 20.5. The molecule has 1 N–H and O–H groups in total. The standard InChI is InChI=1S/C16H20F2N2O/c17-14-4-1-12(9-15(14)18)11-5-7-20(8-6-11)10-16(21)19-13-2-3-13/h1,4,9,11,13H,2-3,5-8,10H2,(H,19,21). The van der Waals surface area contributed by atoms with Crippen molar-refractivity contribution < 1.29 is 13.6 Å². The van der Waals surface area contributed by atoms with Gasteiger partial charge in [-0.05, 0) is 62.4 Å². The zero-order chi connectivity index (χ0) is 14.8. The van der Waals surface area contributed by atoms with Crippen LogP contribution in [-0.2, 0) is 4.79 Å². The van der Waals surface area contributed by atoms with E-state index in [2.05, 4.69) is 10.2 Å². The SMILES string of the molecule is O=C(CN1CCC(c2ccc(F)c(F)c2)CC1)NC1CC1. The van der Waals surface area contributed by atoms with Gasteiger partial charge in [0.15, 0.2) is 11.6 Å². The fourth-order valence-corrected chi connectivity index (χ4v) is 2.89. The first-order chi connectivity index (χ1) is 10.1. The van der Waals surface area contributed by atoms with Crippen LogP contribution in [0, 0.1) is 11.6 Å². The number of nitrogens with one attached hydrogen (secondary N) is 1. The molecule has 0 bridgehead atoms. The molecule has 3 nitrogen and oxygen atoms in total. The van der Waals surface area contributed by atoms with E-state index in [4.69, 9.17) is 0 Å². The van der Waals surface area contributed by atoms with Gasteiger partial charge in [-0.25, -0.2) is 8.78 Å². The Bertz CT molecular complexity index is 523. The Morgan fingerprint density at radius 3 is 2.48 bits per heavy atom. The summed E-state index contributed by atoms with van der Waals surface area (Å²) in [7, 11) is 0. The number of nitrogens with zero attached hydrogens (tertiary/aromatic N) is 1. The molecule has 5 heteroatoms. The molecule has 1 aliphatic heterocycles. The van der Waals surface area contributed by atoms with E-state index in [9.17, 15) is 13.6 Å². The molecule has 1 saturated heterocycles. The van der Waals surface area contributed by atoms with Gasteiger partial charge in [0.05, 0.1) is 6.54 Å². The topological polar surface area (TPSA) is 32.3 Å². The highest BCUT2D eigenvalue weighted by atomic mass is 19.2. The van der Waals surface area contributed by atoms with Crippen molar-refractivity contribution in [2.45, 2.75) is 37.6 Å². The number of likely N-dealkylation sites (tertiary alicyclic amines) is 1. The number of piperidine rings is 1. The van der Waals surface area contributed by atoms with Crippen LogP contribution in [0.4, 0.5) is 8.78 Å². The number of carbonyl (C=O) groups is 1. The van der Waals surface area contributed by atoms with E-state index in [0.717, 1.165) is 44.3 Å². The highest BCUT2D eigenvalue weighted by molar-refractivity contribution is 5.78. The average molecular weight is 294 g/mol. The van der Waals surface area contributed by atoms with Gasteiger partial charge in [-0.1, -0.05) is 6.07 Å². The number of carbonyl (C=O) groups excluding carboxylic acids is 1. The van der Waals surface area contributed by atoms with Crippen molar-refractivity contribution in [3.63, 3.8) is 0 Å². The summed E-state index contributed by atoms with van der Waals surface area (Å²) in [5.41, 5.74) is 0.857. The van der Waals surface area contributed by atoms with Gasteiger partial charge in [0.1, 0.15) is 0 Å². The molecule has 0 atom stereocenters. The van der Waals surface area contributed by atoms with Crippen LogP contribution in [-0.4, -0.2) is 36.5 Å². The van der Waals surface area contributed by atoms with Crippen molar-refractivity contribution in [2.24, 2.45) is 0 Å². The Morgan fingerprint density at radius 1 is 1.14 bits per heavy atom. The number of hydrogen-bond acceptors (Lipinski definition) is 2. The van der Waals surface area contributed by atoms with E-state index in [1.54, 1.807) is 6.07 Å². The lowest BCUT2D eigenvalue weighted by molar-refractivity contribution is -0.122. The second kappa shape index (κ2) is 6.10. The average Bonchev–Trinajstić information content (AvgIpc) is 3.26. The first-order valence-electron chi connectivity index (χ1n) is 7.58. The van der Waals surface area contributed by atoms with Gasteiger partial charge in [0.2, 0.25) is 5.91 Å². The molecule has 2 fully saturated rings. The molecule has 0 aromatic heterocycles. The molecule has 2 aliphatic rings. The minimum Gasteiger partial charge on any atom is -0.352 e. The van der Waals surface area contributed by atoms with Crippen molar-refractivity contribution in [1.82, 2.24) is 10.2 Å². The lowest BCUT2D eigenvalue weighted by Gasteiger charge is -2.31. The molecule has 3 rings (SSSR count). The van der Waals surface area contributed by atoms with Crippen molar-refractivity contribution in [1.29, 1.82) is 0 Å². The highest BCUT2D eigenvalue weighted by Gasteiger charge is 2.26. The monoisotopic (exact) mass is 294 g/mol. The molecule has 0 unspecified atom stereocenters. The molecule has 1 aromatic carbocycles. The molecule has 1 amide bonds. The van der Waals surface area contributed by atoms with Crippen LogP contribution in [0.5, 0.6) is 0 Å². The van der Waals surface area contributed by atoms with Crippen LogP contribution in [0.3, 0.4) is 0 Å². The summed E-state index contributed by atoms with van der Waals surface area (Å²) in [5, 5.41) is 2.99. The molecule has 1 saturated carbocycles. The first-order valence-corrected chi connectivity index (χ1v) is 7.58. The fourth-order valence-electron chi connectivity index (χ4n) is 2.89. The maximum atomic E-state index is 13.3. The molecule has 1 heterocycles. The number of halogens is 2. The summed E-state index contributed by atoms with van der Waals surface area (Å²) in [6.07, 6.45) is 3.96. The zero-order valence-corrected chi connectivity index (χ0v) is 11.9. The van der Waals surface area contributed by atoms with Crippen molar-refractivity contribution in [2.75, 3.05) is 19.6 Å². The Morgan fingerprint density at radius 2 is 1.86 bits per heavy atom. The van der Waals surface area contributed by atoms with Crippen LogP contribution in [0.1, 0.15) is 37.2 Å². The Hall–Kier alpha value is -1.49. The Kier molecular flexibility index (Phi) is 4.19. The smallest absolute Gasteiger partial charge is 0.234 e. The van der Waals surface area contributed by atoms with E-state index in [1.165, 1.54) is 12.1 Å². The summed E-state index contributed by atoms with van der Waals surface area (Å²) in [4.78, 5) is 13.9. The zero-order valence-electron chi connectivity index (χ0n) is 11.9. The lowest BCUT2D eigenvalue weighted by atomic mass is 9.89. The number of benzene rings is 1. The van der Waals surface area contributed by atoms with Crippen molar-refractivity contribution in [3.05, 3.63) is 35.4 Å². The van der Waals surface area contributed by atoms with E-state index in [-0.39, 0.29) is 11.8 Å². The third-order valence-corrected chi connectivity index (χ3v) is 4.31. The number of hydrogen-bond donors (Lipinski definition) is 1. The van der Waals surface area contributed by atoms with E-state index < -0.39 is 11.6 Å². The molecule has 0 spiro atoms.